The lowest BCUT2D eigenvalue weighted by Gasteiger charge is -2.09. The van der Waals surface area contributed by atoms with Crippen LogP contribution in [0.5, 0.6) is 0 Å². The molecule has 6 nitrogen and oxygen atoms in total. The van der Waals surface area contributed by atoms with E-state index in [9.17, 15) is 4.79 Å². The van der Waals surface area contributed by atoms with Gasteiger partial charge in [-0.25, -0.2) is 15.0 Å². The summed E-state index contributed by atoms with van der Waals surface area (Å²) in [6, 6.07) is 9.42. The highest BCUT2D eigenvalue weighted by atomic mass is 32.2. The van der Waals surface area contributed by atoms with Crippen LogP contribution < -0.4 is 5.32 Å². The molecule has 1 amide bonds. The minimum atomic E-state index is -0.240. The Morgan fingerprint density at radius 2 is 2.17 bits per heavy atom. The van der Waals surface area contributed by atoms with E-state index in [1.54, 1.807) is 18.6 Å². The number of aryl methyl sites for hydroxylation is 1. The first-order valence-electron chi connectivity index (χ1n) is 7.40. The second kappa shape index (κ2) is 7.27. The number of nitrogens with zero attached hydrogens (tertiary/aromatic N) is 4. The first-order valence-corrected chi connectivity index (χ1v) is 8.62. The van der Waals surface area contributed by atoms with Crippen molar-refractivity contribution in [2.75, 3.05) is 11.6 Å². The van der Waals surface area contributed by atoms with E-state index in [2.05, 4.69) is 20.3 Å². The molecule has 0 aliphatic rings. The summed E-state index contributed by atoms with van der Waals surface area (Å²) < 4.78 is 1.97. The van der Waals surface area contributed by atoms with Gasteiger partial charge in [-0.05, 0) is 36.9 Å². The maximum atomic E-state index is 12.4. The Kier molecular flexibility index (Phi) is 4.90. The second-order valence-electron chi connectivity index (χ2n) is 5.27. The van der Waals surface area contributed by atoms with Gasteiger partial charge in [-0.3, -0.25) is 4.79 Å². The Balaban J connectivity index is 1.76. The number of aromatic nitrogens is 4. The number of hydrogen-bond donors (Lipinski definition) is 1. The number of imidazole rings is 1. The van der Waals surface area contributed by atoms with Gasteiger partial charge in [-0.15, -0.1) is 0 Å². The molecule has 0 atom stereocenters. The molecule has 0 radical (unpaired) electrons. The van der Waals surface area contributed by atoms with Crippen LogP contribution >= 0.6 is 11.8 Å². The Morgan fingerprint density at radius 3 is 2.92 bits per heavy atom. The van der Waals surface area contributed by atoms with Crippen molar-refractivity contribution in [1.29, 1.82) is 0 Å². The third-order valence-electron chi connectivity index (χ3n) is 3.36. The Labute approximate surface area is 144 Å². The zero-order valence-electron chi connectivity index (χ0n) is 13.4. The molecule has 1 aromatic carbocycles. The topological polar surface area (TPSA) is 72.7 Å². The SMILES string of the molecule is CSc1nc(C)cc(C(=O)Nc2cccc(Cn3ccnc3)c2)n1. The molecule has 2 aromatic heterocycles. The van der Waals surface area contributed by atoms with Crippen molar-refractivity contribution in [3.05, 3.63) is 66.0 Å². The van der Waals surface area contributed by atoms with E-state index in [-0.39, 0.29) is 5.91 Å². The predicted molar refractivity (Wildman–Crippen MR) is 94.3 cm³/mol. The summed E-state index contributed by atoms with van der Waals surface area (Å²) in [5.74, 6) is -0.240. The third-order valence-corrected chi connectivity index (χ3v) is 3.91. The molecule has 24 heavy (non-hydrogen) atoms. The molecule has 0 spiro atoms. The number of amides is 1. The van der Waals surface area contributed by atoms with Crippen LogP contribution in [-0.4, -0.2) is 31.7 Å². The van der Waals surface area contributed by atoms with E-state index in [0.29, 0.717) is 17.4 Å². The van der Waals surface area contributed by atoms with E-state index in [1.807, 2.05) is 48.2 Å². The van der Waals surface area contributed by atoms with E-state index < -0.39 is 0 Å². The first kappa shape index (κ1) is 16.2. The van der Waals surface area contributed by atoms with Crippen LogP contribution in [0.2, 0.25) is 0 Å². The highest BCUT2D eigenvalue weighted by Crippen LogP contribution is 2.15. The number of anilines is 1. The number of hydrogen-bond acceptors (Lipinski definition) is 5. The first-order chi connectivity index (χ1) is 11.6. The average Bonchev–Trinajstić information content (AvgIpc) is 3.07. The lowest BCUT2D eigenvalue weighted by molar-refractivity contribution is 0.102. The van der Waals surface area contributed by atoms with Crippen molar-refractivity contribution in [3.63, 3.8) is 0 Å². The van der Waals surface area contributed by atoms with Crippen molar-refractivity contribution >= 4 is 23.4 Å². The standard InChI is InChI=1S/C17H17N5OS/c1-12-8-15(21-17(19-12)24-2)16(23)20-14-5-3-4-13(9-14)10-22-7-6-18-11-22/h3-9,11H,10H2,1-2H3,(H,20,23). The zero-order valence-corrected chi connectivity index (χ0v) is 14.2. The van der Waals surface area contributed by atoms with Crippen LogP contribution in [0.4, 0.5) is 5.69 Å². The van der Waals surface area contributed by atoms with E-state index >= 15 is 0 Å². The van der Waals surface area contributed by atoms with Gasteiger partial charge in [0.15, 0.2) is 5.16 Å². The van der Waals surface area contributed by atoms with Gasteiger partial charge in [0.25, 0.3) is 5.91 Å². The summed E-state index contributed by atoms with van der Waals surface area (Å²) in [6.07, 6.45) is 7.29. The van der Waals surface area contributed by atoms with Crippen LogP contribution in [-0.2, 0) is 6.54 Å². The highest BCUT2D eigenvalue weighted by molar-refractivity contribution is 7.98. The summed E-state index contributed by atoms with van der Waals surface area (Å²) in [6.45, 7) is 2.55. The van der Waals surface area contributed by atoms with Gasteiger partial charge < -0.3 is 9.88 Å². The minimum absolute atomic E-state index is 0.240. The molecule has 0 aliphatic heterocycles. The van der Waals surface area contributed by atoms with Crippen molar-refractivity contribution in [1.82, 2.24) is 19.5 Å². The largest absolute Gasteiger partial charge is 0.333 e. The van der Waals surface area contributed by atoms with E-state index in [4.69, 9.17) is 0 Å². The fourth-order valence-electron chi connectivity index (χ4n) is 2.28. The average molecular weight is 339 g/mol. The number of carbonyl (C=O) groups excluding carboxylic acids is 1. The predicted octanol–water partition coefficient (Wildman–Crippen LogP) is 3.00. The zero-order chi connectivity index (χ0) is 16.9. The monoisotopic (exact) mass is 339 g/mol. The van der Waals surface area contributed by atoms with Gasteiger partial charge in [0.2, 0.25) is 0 Å². The molecule has 0 saturated heterocycles. The minimum Gasteiger partial charge on any atom is -0.333 e. The maximum absolute atomic E-state index is 12.4. The summed E-state index contributed by atoms with van der Waals surface area (Å²) in [5, 5.41) is 3.49. The molecule has 122 valence electrons. The molecule has 1 N–H and O–H groups in total. The van der Waals surface area contributed by atoms with Crippen molar-refractivity contribution in [3.8, 4) is 0 Å². The van der Waals surface area contributed by atoms with Gasteiger partial charge in [0.05, 0.1) is 6.33 Å². The molecule has 3 aromatic rings. The van der Waals surface area contributed by atoms with Crippen molar-refractivity contribution in [2.45, 2.75) is 18.6 Å². The van der Waals surface area contributed by atoms with E-state index in [1.165, 1.54) is 11.8 Å². The van der Waals surface area contributed by atoms with E-state index in [0.717, 1.165) is 16.9 Å². The van der Waals surface area contributed by atoms with Crippen LogP contribution in [0.25, 0.3) is 0 Å². The molecule has 0 bridgehead atoms. The Bertz CT molecular complexity index is 848. The number of rotatable bonds is 5. The van der Waals surface area contributed by atoms with Crippen LogP contribution in [0.15, 0.2) is 54.2 Å². The molecular formula is C17H17N5OS. The van der Waals surface area contributed by atoms with Gasteiger partial charge in [-0.1, -0.05) is 23.9 Å². The normalized spacial score (nSPS) is 10.6. The molecule has 7 heteroatoms. The van der Waals surface area contributed by atoms with Crippen molar-refractivity contribution in [2.24, 2.45) is 0 Å². The summed E-state index contributed by atoms with van der Waals surface area (Å²) in [5.41, 5.74) is 2.95. The molecule has 0 aliphatic carbocycles. The number of nitrogens with one attached hydrogen (secondary N) is 1. The molecular weight excluding hydrogens is 322 g/mol. The highest BCUT2D eigenvalue weighted by Gasteiger charge is 2.11. The van der Waals surface area contributed by atoms with Crippen LogP contribution in [0, 0.1) is 6.92 Å². The molecule has 2 heterocycles. The summed E-state index contributed by atoms with van der Waals surface area (Å²) >= 11 is 1.41. The van der Waals surface area contributed by atoms with Gasteiger partial charge in [-0.2, -0.15) is 0 Å². The van der Waals surface area contributed by atoms with Gasteiger partial charge in [0.1, 0.15) is 5.69 Å². The lowest BCUT2D eigenvalue weighted by atomic mass is 10.2. The smallest absolute Gasteiger partial charge is 0.274 e. The lowest BCUT2D eigenvalue weighted by Crippen LogP contribution is -2.15. The number of thioether (sulfide) groups is 1. The summed E-state index contributed by atoms with van der Waals surface area (Å²) in [4.78, 5) is 25.0. The van der Waals surface area contributed by atoms with Crippen LogP contribution in [0.1, 0.15) is 21.7 Å². The molecule has 0 unspecified atom stereocenters. The Hall–Kier alpha value is -2.67. The molecule has 0 saturated carbocycles. The molecule has 3 rings (SSSR count). The maximum Gasteiger partial charge on any atom is 0.274 e. The number of benzene rings is 1. The quantitative estimate of drug-likeness (QED) is 0.571. The van der Waals surface area contributed by atoms with Crippen molar-refractivity contribution < 1.29 is 4.79 Å². The fourth-order valence-corrected chi connectivity index (χ4v) is 2.71. The number of carbonyl (C=O) groups is 1. The van der Waals surface area contributed by atoms with Crippen LogP contribution in [0.3, 0.4) is 0 Å². The molecule has 0 fully saturated rings. The fraction of sp³-hybridized carbons (Fsp3) is 0.176. The summed E-state index contributed by atoms with van der Waals surface area (Å²) in [7, 11) is 0. The van der Waals surface area contributed by atoms with Gasteiger partial charge in [0, 0.05) is 30.3 Å². The van der Waals surface area contributed by atoms with Gasteiger partial charge >= 0.3 is 0 Å². The Morgan fingerprint density at radius 1 is 1.29 bits per heavy atom. The second-order valence-corrected chi connectivity index (χ2v) is 6.04. The third kappa shape index (κ3) is 3.99.